The summed E-state index contributed by atoms with van der Waals surface area (Å²) < 4.78 is 162. The maximum atomic E-state index is 13.7. The molecule has 0 aliphatic carbocycles. The van der Waals surface area contributed by atoms with Gasteiger partial charge in [-0.2, -0.15) is 52.7 Å². The molecule has 3 rings (SSSR count). The van der Waals surface area contributed by atoms with Crippen LogP contribution in [0.2, 0.25) is 0 Å². The molecule has 0 bridgehead atoms. The van der Waals surface area contributed by atoms with Crippen LogP contribution in [0.5, 0.6) is 0 Å². The molecule has 1 aromatic carbocycles. The Hall–Kier alpha value is -2.52. The summed E-state index contributed by atoms with van der Waals surface area (Å²) in [6.07, 6.45) is -26.8. The number of nitrogens with one attached hydrogen (secondary N) is 1. The number of halogens is 12. The van der Waals surface area contributed by atoms with E-state index in [1.54, 1.807) is 0 Å². The number of fused-ring (bicyclic) bond motifs is 1. The summed E-state index contributed by atoms with van der Waals surface area (Å²) in [6.45, 7) is 0. The first kappa shape index (κ1) is 22.2. The Morgan fingerprint density at radius 3 is 1.53 bits per heavy atom. The smallest absolute Gasteiger partial charge is 0.273 e. The van der Waals surface area contributed by atoms with Crippen LogP contribution in [0.4, 0.5) is 52.7 Å². The van der Waals surface area contributed by atoms with Crippen LogP contribution in [0.1, 0.15) is 5.82 Å². The maximum Gasteiger partial charge on any atom is 0.434 e. The molecule has 0 fully saturated rings. The Morgan fingerprint density at radius 1 is 0.667 bits per heavy atom. The predicted octanol–water partition coefficient (Wildman–Crippen LogP) is 4.65. The molecule has 4 nitrogen and oxygen atoms in total. The third-order valence-electron chi connectivity index (χ3n) is 4.41. The van der Waals surface area contributed by atoms with Gasteiger partial charge in [-0.3, -0.25) is 9.88 Å². The van der Waals surface area contributed by atoms with Crippen molar-refractivity contribution in [3.8, 4) is 11.4 Å². The van der Waals surface area contributed by atoms with Crippen molar-refractivity contribution in [2.45, 2.75) is 35.9 Å². The molecule has 1 N–H and O–H groups in total. The molecule has 0 atom stereocenters. The Morgan fingerprint density at radius 2 is 1.13 bits per heavy atom. The van der Waals surface area contributed by atoms with Crippen LogP contribution >= 0.6 is 0 Å². The fourth-order valence-corrected chi connectivity index (χ4v) is 3.11. The lowest BCUT2D eigenvalue weighted by atomic mass is 9.97. The van der Waals surface area contributed by atoms with Crippen molar-refractivity contribution in [1.82, 2.24) is 20.1 Å². The number of hydrogen-bond acceptors (Lipinski definition) is 3. The van der Waals surface area contributed by atoms with Crippen LogP contribution in [0.15, 0.2) is 30.3 Å². The lowest BCUT2D eigenvalue weighted by Gasteiger charge is -2.39. The van der Waals surface area contributed by atoms with Crippen molar-refractivity contribution in [1.29, 1.82) is 0 Å². The lowest BCUT2D eigenvalue weighted by Crippen LogP contribution is -2.71. The zero-order valence-electron chi connectivity index (χ0n) is 13.8. The predicted molar refractivity (Wildman–Crippen MR) is 72.5 cm³/mol. The molecule has 1 aromatic heterocycles. The van der Waals surface area contributed by atoms with Gasteiger partial charge in [-0.15, -0.1) is 10.2 Å². The van der Waals surface area contributed by atoms with E-state index in [0.717, 1.165) is 24.3 Å². The first-order valence-corrected chi connectivity index (χ1v) is 7.50. The van der Waals surface area contributed by atoms with Crippen LogP contribution < -0.4 is 5.32 Å². The van der Waals surface area contributed by atoms with E-state index in [4.69, 9.17) is 0 Å². The van der Waals surface area contributed by atoms with Gasteiger partial charge in [0, 0.05) is 5.56 Å². The molecule has 0 unspecified atom stereocenters. The van der Waals surface area contributed by atoms with Gasteiger partial charge in [0.15, 0.2) is 11.6 Å². The second-order valence-electron chi connectivity index (χ2n) is 6.13. The molecule has 1 aliphatic heterocycles. The highest BCUT2D eigenvalue weighted by Gasteiger charge is 2.88. The molecule has 0 saturated carbocycles. The standard InChI is InChI=1S/C14H6F12N4/c15-11(16,17)9(12(18,19)20)8-28-27-7(6-4-2-1-3-5-6)30(8)10(29-9,13(21,22)23)14(24,25)26/h1-5,29H. The van der Waals surface area contributed by atoms with E-state index >= 15 is 0 Å². The molecule has 0 radical (unpaired) electrons. The van der Waals surface area contributed by atoms with Crippen molar-refractivity contribution in [3.63, 3.8) is 0 Å². The van der Waals surface area contributed by atoms with Gasteiger partial charge < -0.3 is 0 Å². The van der Waals surface area contributed by atoms with Gasteiger partial charge in [0.25, 0.3) is 11.2 Å². The molecule has 0 spiro atoms. The van der Waals surface area contributed by atoms with E-state index in [1.807, 2.05) is 0 Å². The molecule has 30 heavy (non-hydrogen) atoms. The summed E-state index contributed by atoms with van der Waals surface area (Å²) in [5.41, 5.74) is -12.3. The van der Waals surface area contributed by atoms with Crippen LogP contribution in [-0.2, 0) is 11.2 Å². The SMILES string of the molecule is FC(F)(F)C1(C(F)(F)F)NC(C(F)(F)F)(C(F)(F)F)n2c(-c3ccccc3)nnc21. The molecule has 16 heteroatoms. The van der Waals surface area contributed by atoms with Gasteiger partial charge in [0.2, 0.25) is 0 Å². The van der Waals surface area contributed by atoms with Gasteiger partial charge in [-0.25, -0.2) is 0 Å². The second kappa shape index (κ2) is 6.01. The average Bonchev–Trinajstić information content (AvgIpc) is 3.09. The Kier molecular flexibility index (Phi) is 4.44. The Labute approximate surface area is 157 Å². The van der Waals surface area contributed by atoms with E-state index in [-0.39, 0.29) is 5.32 Å². The zero-order chi connectivity index (χ0) is 23.0. The van der Waals surface area contributed by atoms with Crippen LogP contribution in [0.3, 0.4) is 0 Å². The Balaban J connectivity index is 2.54. The average molecular weight is 458 g/mol. The molecule has 2 heterocycles. The van der Waals surface area contributed by atoms with Gasteiger partial charge in [0.1, 0.15) is 0 Å². The number of rotatable bonds is 1. The van der Waals surface area contributed by atoms with Gasteiger partial charge in [-0.1, -0.05) is 30.3 Å². The van der Waals surface area contributed by atoms with Crippen molar-refractivity contribution in [3.05, 3.63) is 36.2 Å². The molecular weight excluding hydrogens is 452 g/mol. The molecule has 0 saturated heterocycles. The minimum absolute atomic E-state index is 0.206. The summed E-state index contributed by atoms with van der Waals surface area (Å²) in [5, 5.41) is 5.11. The van der Waals surface area contributed by atoms with Gasteiger partial charge >= 0.3 is 24.7 Å². The van der Waals surface area contributed by atoms with Crippen LogP contribution in [0, 0.1) is 0 Å². The zero-order valence-corrected chi connectivity index (χ0v) is 13.8. The highest BCUT2D eigenvalue weighted by Crippen LogP contribution is 2.61. The number of hydrogen-bond donors (Lipinski definition) is 1. The third kappa shape index (κ3) is 2.61. The summed E-state index contributed by atoms with van der Waals surface area (Å²) >= 11 is 0. The lowest BCUT2D eigenvalue weighted by molar-refractivity contribution is -0.366. The molecule has 0 amide bonds. The third-order valence-corrected chi connectivity index (χ3v) is 4.41. The summed E-state index contributed by atoms with van der Waals surface area (Å²) in [5.74, 6) is -4.14. The number of benzene rings is 1. The summed E-state index contributed by atoms with van der Waals surface area (Å²) in [4.78, 5) is 0. The number of aromatic nitrogens is 3. The van der Waals surface area contributed by atoms with E-state index in [1.165, 1.54) is 6.07 Å². The van der Waals surface area contributed by atoms with E-state index in [0.29, 0.717) is 0 Å². The van der Waals surface area contributed by atoms with E-state index in [2.05, 4.69) is 10.2 Å². The van der Waals surface area contributed by atoms with Gasteiger partial charge in [-0.05, 0) is 0 Å². The summed E-state index contributed by atoms with van der Waals surface area (Å²) in [6, 6.07) is 5.08. The summed E-state index contributed by atoms with van der Waals surface area (Å²) in [7, 11) is 0. The van der Waals surface area contributed by atoms with Crippen LogP contribution in [-0.4, -0.2) is 39.5 Å². The van der Waals surface area contributed by atoms with Crippen LogP contribution in [0.25, 0.3) is 11.4 Å². The van der Waals surface area contributed by atoms with Gasteiger partial charge in [0.05, 0.1) is 0 Å². The normalized spacial score (nSPS) is 19.1. The van der Waals surface area contributed by atoms with Crippen molar-refractivity contribution < 1.29 is 52.7 Å². The topological polar surface area (TPSA) is 42.7 Å². The minimum atomic E-state index is -6.72. The number of alkyl halides is 12. The first-order chi connectivity index (χ1) is 13.4. The molecule has 2 aromatic rings. The van der Waals surface area contributed by atoms with E-state index in [9.17, 15) is 52.7 Å². The molecule has 166 valence electrons. The quantitative estimate of drug-likeness (QED) is 0.634. The van der Waals surface area contributed by atoms with Crippen molar-refractivity contribution in [2.75, 3.05) is 0 Å². The monoisotopic (exact) mass is 458 g/mol. The highest BCUT2D eigenvalue weighted by molar-refractivity contribution is 5.57. The maximum absolute atomic E-state index is 13.7. The fraction of sp³-hybridized carbons (Fsp3) is 0.429. The van der Waals surface area contributed by atoms with Crippen molar-refractivity contribution in [2.24, 2.45) is 0 Å². The largest absolute Gasteiger partial charge is 0.434 e. The Bertz CT molecular complexity index is 907. The van der Waals surface area contributed by atoms with Crippen molar-refractivity contribution >= 4 is 0 Å². The first-order valence-electron chi connectivity index (χ1n) is 7.50. The second-order valence-corrected chi connectivity index (χ2v) is 6.13. The number of nitrogens with zero attached hydrogens (tertiary/aromatic N) is 3. The molecular formula is C14H6F12N4. The highest BCUT2D eigenvalue weighted by atomic mass is 19.4. The molecule has 1 aliphatic rings. The fourth-order valence-electron chi connectivity index (χ4n) is 3.11. The van der Waals surface area contributed by atoms with E-state index < -0.39 is 57.7 Å². The minimum Gasteiger partial charge on any atom is -0.273 e.